The molecule has 0 aromatic carbocycles. The number of nitrogens with zero attached hydrogens (tertiary/aromatic N) is 2. The van der Waals surface area contributed by atoms with Crippen LogP contribution in [-0.4, -0.2) is 61.0 Å². The molecule has 2 unspecified atom stereocenters. The van der Waals surface area contributed by atoms with Crippen molar-refractivity contribution in [2.45, 2.75) is 57.5 Å². The van der Waals surface area contributed by atoms with E-state index in [1.165, 1.54) is 32.1 Å². The van der Waals surface area contributed by atoms with Crippen LogP contribution in [0, 0.1) is 0 Å². The largest absolute Gasteiger partial charge is 0.339 e. The second kappa shape index (κ2) is 7.25. The Morgan fingerprint density at radius 1 is 1.32 bits per heavy atom. The second-order valence-corrected chi connectivity index (χ2v) is 6.06. The van der Waals surface area contributed by atoms with Crippen molar-refractivity contribution in [3.63, 3.8) is 0 Å². The Kier molecular flexibility index (Phi) is 5.64. The summed E-state index contributed by atoms with van der Waals surface area (Å²) >= 11 is 0. The molecule has 0 aromatic rings. The highest BCUT2D eigenvalue weighted by atomic mass is 16.2. The first-order valence-electron chi connectivity index (χ1n) is 7.92. The molecule has 1 amide bonds. The minimum absolute atomic E-state index is 0.333. The van der Waals surface area contributed by atoms with Crippen molar-refractivity contribution in [3.05, 3.63) is 0 Å². The highest BCUT2D eigenvalue weighted by Crippen LogP contribution is 2.20. The van der Waals surface area contributed by atoms with Gasteiger partial charge in [-0.1, -0.05) is 6.92 Å². The normalized spacial score (nSPS) is 28.7. The molecule has 2 aliphatic heterocycles. The molecule has 0 radical (unpaired) electrons. The molecule has 0 spiro atoms. The average Bonchev–Trinajstić information content (AvgIpc) is 2.48. The predicted octanol–water partition coefficient (Wildman–Crippen LogP) is 1.46. The van der Waals surface area contributed by atoms with Gasteiger partial charge in [0.25, 0.3) is 0 Å². The van der Waals surface area contributed by atoms with E-state index in [1.807, 2.05) is 0 Å². The summed E-state index contributed by atoms with van der Waals surface area (Å²) in [6.45, 7) is 5.91. The molecule has 4 heteroatoms. The maximum absolute atomic E-state index is 12.5. The van der Waals surface area contributed by atoms with Crippen LogP contribution in [-0.2, 0) is 4.79 Å². The maximum Gasteiger partial charge on any atom is 0.236 e. The summed E-state index contributed by atoms with van der Waals surface area (Å²) in [6.07, 6.45) is 7.19. The molecule has 2 aliphatic rings. The molecule has 0 bridgehead atoms. The smallest absolute Gasteiger partial charge is 0.236 e. The number of hydrogen-bond acceptors (Lipinski definition) is 3. The SMILES string of the molecule is CCC1CCCCN1C(=O)CN(C)C1CCCNC1. The molecule has 4 nitrogen and oxygen atoms in total. The molecule has 0 aliphatic carbocycles. The van der Waals surface area contributed by atoms with Gasteiger partial charge in [0.1, 0.15) is 0 Å². The molecule has 2 heterocycles. The van der Waals surface area contributed by atoms with Crippen molar-refractivity contribution in [2.24, 2.45) is 0 Å². The number of rotatable bonds is 4. The van der Waals surface area contributed by atoms with E-state index in [4.69, 9.17) is 0 Å². The molecule has 2 fully saturated rings. The van der Waals surface area contributed by atoms with E-state index in [9.17, 15) is 4.79 Å². The molecule has 2 atom stereocenters. The lowest BCUT2D eigenvalue weighted by molar-refractivity contribution is -0.136. The second-order valence-electron chi connectivity index (χ2n) is 6.06. The first-order valence-corrected chi connectivity index (χ1v) is 7.92. The van der Waals surface area contributed by atoms with Crippen molar-refractivity contribution >= 4 is 5.91 Å². The van der Waals surface area contributed by atoms with E-state index in [1.54, 1.807) is 0 Å². The monoisotopic (exact) mass is 267 g/mol. The number of piperidine rings is 2. The van der Waals surface area contributed by atoms with Crippen LogP contribution in [0.1, 0.15) is 45.4 Å². The van der Waals surface area contributed by atoms with Crippen molar-refractivity contribution in [3.8, 4) is 0 Å². The first-order chi connectivity index (χ1) is 9.22. The summed E-state index contributed by atoms with van der Waals surface area (Å²) in [5, 5.41) is 3.42. The molecular formula is C15H29N3O. The fourth-order valence-corrected chi connectivity index (χ4v) is 3.40. The van der Waals surface area contributed by atoms with Crippen molar-refractivity contribution in [2.75, 3.05) is 33.2 Å². The summed E-state index contributed by atoms with van der Waals surface area (Å²) in [4.78, 5) is 16.9. The number of likely N-dealkylation sites (N-methyl/N-ethyl adjacent to an activating group) is 1. The first kappa shape index (κ1) is 14.8. The number of nitrogens with one attached hydrogen (secondary N) is 1. The van der Waals surface area contributed by atoms with Gasteiger partial charge >= 0.3 is 0 Å². The molecule has 1 N–H and O–H groups in total. The minimum Gasteiger partial charge on any atom is -0.339 e. The molecule has 0 saturated carbocycles. The fraction of sp³-hybridized carbons (Fsp3) is 0.933. The zero-order chi connectivity index (χ0) is 13.7. The molecule has 19 heavy (non-hydrogen) atoms. The zero-order valence-electron chi connectivity index (χ0n) is 12.5. The quantitative estimate of drug-likeness (QED) is 0.837. The number of amides is 1. The highest BCUT2D eigenvalue weighted by Gasteiger charge is 2.27. The number of hydrogen-bond donors (Lipinski definition) is 1. The van der Waals surface area contributed by atoms with Crippen LogP contribution in [0.2, 0.25) is 0 Å². The van der Waals surface area contributed by atoms with Crippen LogP contribution in [0.5, 0.6) is 0 Å². The molecule has 0 aromatic heterocycles. The summed E-state index contributed by atoms with van der Waals surface area (Å²) in [5.74, 6) is 0.333. The minimum atomic E-state index is 0.333. The van der Waals surface area contributed by atoms with E-state index < -0.39 is 0 Å². The Bertz CT molecular complexity index is 289. The maximum atomic E-state index is 12.5. The predicted molar refractivity (Wildman–Crippen MR) is 78.2 cm³/mol. The van der Waals surface area contributed by atoms with Crippen molar-refractivity contribution < 1.29 is 4.79 Å². The molecule has 2 rings (SSSR count). The van der Waals surface area contributed by atoms with Crippen LogP contribution in [0.3, 0.4) is 0 Å². The van der Waals surface area contributed by atoms with E-state index in [-0.39, 0.29) is 0 Å². The van der Waals surface area contributed by atoms with Gasteiger partial charge in [-0.05, 0) is 52.1 Å². The van der Waals surface area contributed by atoms with Gasteiger partial charge < -0.3 is 10.2 Å². The van der Waals surface area contributed by atoms with Gasteiger partial charge in [-0.2, -0.15) is 0 Å². The van der Waals surface area contributed by atoms with Gasteiger partial charge in [-0.15, -0.1) is 0 Å². The van der Waals surface area contributed by atoms with Gasteiger partial charge in [0.2, 0.25) is 5.91 Å². The zero-order valence-corrected chi connectivity index (χ0v) is 12.5. The van der Waals surface area contributed by atoms with Crippen LogP contribution in [0.15, 0.2) is 0 Å². The highest BCUT2D eigenvalue weighted by molar-refractivity contribution is 5.78. The third-order valence-electron chi connectivity index (χ3n) is 4.70. The van der Waals surface area contributed by atoms with Crippen LogP contribution < -0.4 is 5.32 Å². The summed E-state index contributed by atoms with van der Waals surface area (Å²) in [7, 11) is 2.10. The molecular weight excluding hydrogens is 238 g/mol. The summed E-state index contributed by atoms with van der Waals surface area (Å²) in [5.41, 5.74) is 0. The molecule has 2 saturated heterocycles. The Labute approximate surface area is 117 Å². The van der Waals surface area contributed by atoms with Gasteiger partial charge in [0.15, 0.2) is 0 Å². The molecule has 110 valence electrons. The topological polar surface area (TPSA) is 35.6 Å². The van der Waals surface area contributed by atoms with E-state index in [0.29, 0.717) is 24.5 Å². The number of carbonyl (C=O) groups is 1. The average molecular weight is 267 g/mol. The van der Waals surface area contributed by atoms with Crippen LogP contribution >= 0.6 is 0 Å². The van der Waals surface area contributed by atoms with E-state index in [2.05, 4.69) is 29.1 Å². The Morgan fingerprint density at radius 3 is 2.84 bits per heavy atom. The van der Waals surface area contributed by atoms with Gasteiger partial charge in [0.05, 0.1) is 6.54 Å². The van der Waals surface area contributed by atoms with Crippen LogP contribution in [0.25, 0.3) is 0 Å². The number of likely N-dealkylation sites (tertiary alicyclic amines) is 1. The van der Waals surface area contributed by atoms with Crippen molar-refractivity contribution in [1.82, 2.24) is 15.1 Å². The van der Waals surface area contributed by atoms with E-state index >= 15 is 0 Å². The van der Waals surface area contributed by atoms with Crippen molar-refractivity contribution in [1.29, 1.82) is 0 Å². The third kappa shape index (κ3) is 3.93. The summed E-state index contributed by atoms with van der Waals surface area (Å²) in [6, 6.07) is 1.02. The number of carbonyl (C=O) groups excluding carboxylic acids is 1. The Morgan fingerprint density at radius 2 is 2.16 bits per heavy atom. The van der Waals surface area contributed by atoms with Gasteiger partial charge in [0, 0.05) is 25.2 Å². The van der Waals surface area contributed by atoms with Crippen LogP contribution in [0.4, 0.5) is 0 Å². The summed E-state index contributed by atoms with van der Waals surface area (Å²) < 4.78 is 0. The Balaban J connectivity index is 1.84. The standard InChI is InChI=1S/C15H29N3O/c1-3-13-7-4-5-10-18(13)15(19)12-17(2)14-8-6-9-16-11-14/h13-14,16H,3-12H2,1-2H3. The van der Waals surface area contributed by atoms with E-state index in [0.717, 1.165) is 26.1 Å². The Hall–Kier alpha value is -0.610. The third-order valence-corrected chi connectivity index (χ3v) is 4.70. The lowest BCUT2D eigenvalue weighted by Gasteiger charge is -2.38. The lowest BCUT2D eigenvalue weighted by Crippen LogP contribution is -2.51. The lowest BCUT2D eigenvalue weighted by atomic mass is 10.00. The fourth-order valence-electron chi connectivity index (χ4n) is 3.40. The van der Waals surface area contributed by atoms with Gasteiger partial charge in [-0.25, -0.2) is 0 Å². The van der Waals surface area contributed by atoms with Gasteiger partial charge in [-0.3, -0.25) is 9.69 Å².